The number of H-pyrrole nitrogens is 2. The average molecular weight is 262 g/mol. The van der Waals surface area contributed by atoms with E-state index in [1.165, 1.54) is 0 Å². The smallest absolute Gasteiger partial charge is 0.259 e. The highest BCUT2D eigenvalue weighted by Crippen LogP contribution is 2.23. The first-order valence-electron chi connectivity index (χ1n) is 6.24. The molecule has 96 valence electrons. The first-order chi connectivity index (χ1) is 9.83. The number of imidazole rings is 1. The number of hydrogen-bond acceptors (Lipinski definition) is 3. The molecule has 0 fully saturated rings. The van der Waals surface area contributed by atoms with Crippen LogP contribution in [-0.2, 0) is 0 Å². The van der Waals surface area contributed by atoms with Crippen LogP contribution in [0.3, 0.4) is 0 Å². The number of aromatic amines is 2. The standard InChI is InChI=1S/C15H10N4O/c20-15-9-4-1-2-6-11(9)18-14(19-15)10-5-3-7-12-13(10)17-8-16-12/h1-8H,(H,16,17)(H,18,19,20). The van der Waals surface area contributed by atoms with Crippen molar-refractivity contribution in [1.29, 1.82) is 0 Å². The van der Waals surface area contributed by atoms with Crippen molar-refractivity contribution in [2.75, 3.05) is 0 Å². The zero-order chi connectivity index (χ0) is 13.5. The molecular weight excluding hydrogens is 252 g/mol. The van der Waals surface area contributed by atoms with Crippen LogP contribution in [0.4, 0.5) is 0 Å². The lowest BCUT2D eigenvalue weighted by Gasteiger charge is -2.03. The molecule has 0 bridgehead atoms. The third-order valence-corrected chi connectivity index (χ3v) is 3.32. The van der Waals surface area contributed by atoms with Gasteiger partial charge in [0.1, 0.15) is 5.82 Å². The summed E-state index contributed by atoms with van der Waals surface area (Å²) in [7, 11) is 0. The van der Waals surface area contributed by atoms with E-state index in [2.05, 4.69) is 19.9 Å². The van der Waals surface area contributed by atoms with Crippen LogP contribution in [0.25, 0.3) is 33.3 Å². The van der Waals surface area contributed by atoms with Crippen LogP contribution in [0.15, 0.2) is 53.6 Å². The Morgan fingerprint density at radius 3 is 2.85 bits per heavy atom. The zero-order valence-electron chi connectivity index (χ0n) is 10.4. The van der Waals surface area contributed by atoms with Gasteiger partial charge in [-0.15, -0.1) is 0 Å². The quantitative estimate of drug-likeness (QED) is 0.553. The zero-order valence-corrected chi connectivity index (χ0v) is 10.4. The van der Waals surface area contributed by atoms with Crippen LogP contribution in [0.5, 0.6) is 0 Å². The molecule has 5 nitrogen and oxygen atoms in total. The Hall–Kier alpha value is -2.95. The Bertz CT molecular complexity index is 984. The molecule has 0 aliphatic heterocycles. The Morgan fingerprint density at radius 2 is 1.90 bits per heavy atom. The molecular formula is C15H10N4O. The maximum Gasteiger partial charge on any atom is 0.259 e. The fraction of sp³-hybridized carbons (Fsp3) is 0. The minimum absolute atomic E-state index is 0.141. The van der Waals surface area contributed by atoms with Gasteiger partial charge in [-0.05, 0) is 24.3 Å². The number of rotatable bonds is 1. The molecule has 4 rings (SSSR count). The highest BCUT2D eigenvalue weighted by Gasteiger charge is 2.10. The molecule has 0 spiro atoms. The third kappa shape index (κ3) is 1.53. The van der Waals surface area contributed by atoms with Crippen LogP contribution >= 0.6 is 0 Å². The molecule has 20 heavy (non-hydrogen) atoms. The van der Waals surface area contributed by atoms with E-state index in [-0.39, 0.29) is 5.56 Å². The molecule has 2 heterocycles. The largest absolute Gasteiger partial charge is 0.345 e. The third-order valence-electron chi connectivity index (χ3n) is 3.32. The van der Waals surface area contributed by atoms with E-state index in [0.717, 1.165) is 16.6 Å². The maximum absolute atomic E-state index is 12.1. The molecule has 0 amide bonds. The lowest BCUT2D eigenvalue weighted by molar-refractivity contribution is 1.18. The fourth-order valence-electron chi connectivity index (χ4n) is 2.37. The molecule has 4 aromatic rings. The predicted molar refractivity (Wildman–Crippen MR) is 77.5 cm³/mol. The van der Waals surface area contributed by atoms with Crippen LogP contribution in [0.2, 0.25) is 0 Å². The van der Waals surface area contributed by atoms with Gasteiger partial charge in [-0.2, -0.15) is 0 Å². The minimum atomic E-state index is -0.141. The van der Waals surface area contributed by atoms with E-state index < -0.39 is 0 Å². The monoisotopic (exact) mass is 262 g/mol. The Kier molecular flexibility index (Phi) is 2.20. The molecule has 5 heteroatoms. The minimum Gasteiger partial charge on any atom is -0.345 e. The summed E-state index contributed by atoms with van der Waals surface area (Å²) in [5, 5.41) is 0.588. The van der Waals surface area contributed by atoms with Crippen LogP contribution < -0.4 is 5.56 Å². The summed E-state index contributed by atoms with van der Waals surface area (Å²) in [5.74, 6) is 0.534. The van der Waals surface area contributed by atoms with E-state index in [4.69, 9.17) is 0 Å². The van der Waals surface area contributed by atoms with Crippen molar-refractivity contribution in [3.63, 3.8) is 0 Å². The summed E-state index contributed by atoms with van der Waals surface area (Å²) >= 11 is 0. The van der Waals surface area contributed by atoms with Crippen molar-refractivity contribution in [3.8, 4) is 11.4 Å². The molecule has 0 saturated carbocycles. The lowest BCUT2D eigenvalue weighted by Crippen LogP contribution is -2.09. The van der Waals surface area contributed by atoms with Crippen molar-refractivity contribution >= 4 is 21.9 Å². The Labute approximate surface area is 113 Å². The van der Waals surface area contributed by atoms with Gasteiger partial charge in [-0.1, -0.05) is 18.2 Å². The Morgan fingerprint density at radius 1 is 1.00 bits per heavy atom. The molecule has 0 saturated heterocycles. The summed E-state index contributed by atoms with van der Waals surface area (Å²) in [4.78, 5) is 26.8. The van der Waals surface area contributed by atoms with E-state index in [1.54, 1.807) is 12.4 Å². The van der Waals surface area contributed by atoms with Gasteiger partial charge >= 0.3 is 0 Å². The molecule has 0 aliphatic rings. The van der Waals surface area contributed by atoms with Crippen molar-refractivity contribution in [3.05, 3.63) is 59.1 Å². The van der Waals surface area contributed by atoms with E-state index in [1.807, 2.05) is 36.4 Å². The number of nitrogens with one attached hydrogen (secondary N) is 2. The maximum atomic E-state index is 12.1. The average Bonchev–Trinajstić information content (AvgIpc) is 2.95. The first kappa shape index (κ1) is 10.9. The van der Waals surface area contributed by atoms with Gasteiger partial charge in [0.25, 0.3) is 5.56 Å². The number of hydrogen-bond donors (Lipinski definition) is 2. The SMILES string of the molecule is O=c1[nH]c(-c2cccc3[nH]cnc23)nc2ccccc12. The highest BCUT2D eigenvalue weighted by molar-refractivity contribution is 5.90. The summed E-state index contributed by atoms with van der Waals surface area (Å²) in [6, 6.07) is 13.0. The fourth-order valence-corrected chi connectivity index (χ4v) is 2.37. The summed E-state index contributed by atoms with van der Waals surface area (Å²) in [6.07, 6.45) is 1.63. The molecule has 2 N–H and O–H groups in total. The number of para-hydroxylation sites is 2. The highest BCUT2D eigenvalue weighted by atomic mass is 16.1. The number of aromatic nitrogens is 4. The van der Waals surface area contributed by atoms with Crippen molar-refractivity contribution in [2.24, 2.45) is 0 Å². The lowest BCUT2D eigenvalue weighted by atomic mass is 10.1. The van der Waals surface area contributed by atoms with Crippen molar-refractivity contribution in [2.45, 2.75) is 0 Å². The van der Waals surface area contributed by atoms with Gasteiger partial charge in [0.15, 0.2) is 0 Å². The van der Waals surface area contributed by atoms with Gasteiger partial charge in [0.05, 0.1) is 28.3 Å². The summed E-state index contributed by atoms with van der Waals surface area (Å²) in [6.45, 7) is 0. The second-order valence-electron chi connectivity index (χ2n) is 4.54. The number of nitrogens with zero attached hydrogens (tertiary/aromatic N) is 2. The summed E-state index contributed by atoms with van der Waals surface area (Å²) < 4.78 is 0. The predicted octanol–water partition coefficient (Wildman–Crippen LogP) is 2.47. The van der Waals surface area contributed by atoms with E-state index in [0.29, 0.717) is 16.7 Å². The molecule has 0 radical (unpaired) electrons. The molecule has 0 aliphatic carbocycles. The first-order valence-corrected chi connectivity index (χ1v) is 6.24. The van der Waals surface area contributed by atoms with Crippen LogP contribution in [-0.4, -0.2) is 19.9 Å². The number of benzene rings is 2. The molecule has 0 atom stereocenters. The van der Waals surface area contributed by atoms with E-state index in [9.17, 15) is 4.79 Å². The van der Waals surface area contributed by atoms with Gasteiger partial charge in [-0.25, -0.2) is 9.97 Å². The Balaban J connectivity index is 2.08. The topological polar surface area (TPSA) is 74.4 Å². The number of fused-ring (bicyclic) bond motifs is 2. The van der Waals surface area contributed by atoms with Crippen LogP contribution in [0, 0.1) is 0 Å². The van der Waals surface area contributed by atoms with Gasteiger partial charge in [-0.3, -0.25) is 4.79 Å². The summed E-state index contributed by atoms with van der Waals surface area (Å²) in [5.41, 5.74) is 3.06. The van der Waals surface area contributed by atoms with E-state index >= 15 is 0 Å². The molecule has 0 unspecified atom stereocenters. The van der Waals surface area contributed by atoms with Crippen LogP contribution in [0.1, 0.15) is 0 Å². The van der Waals surface area contributed by atoms with Gasteiger partial charge in [0.2, 0.25) is 0 Å². The second-order valence-corrected chi connectivity index (χ2v) is 4.54. The molecule has 2 aromatic carbocycles. The van der Waals surface area contributed by atoms with Gasteiger partial charge < -0.3 is 9.97 Å². The normalized spacial score (nSPS) is 11.2. The van der Waals surface area contributed by atoms with Crippen molar-refractivity contribution in [1.82, 2.24) is 19.9 Å². The van der Waals surface area contributed by atoms with Gasteiger partial charge in [0, 0.05) is 5.56 Å². The van der Waals surface area contributed by atoms with Crippen molar-refractivity contribution < 1.29 is 0 Å². The molecule has 2 aromatic heterocycles. The second kappa shape index (κ2) is 4.03.